The van der Waals surface area contributed by atoms with Crippen molar-refractivity contribution in [1.82, 2.24) is 29.9 Å². The first-order valence-corrected chi connectivity index (χ1v) is 11.3. The van der Waals surface area contributed by atoms with E-state index in [1.54, 1.807) is 25.6 Å². The van der Waals surface area contributed by atoms with Gasteiger partial charge < -0.3 is 9.26 Å². The Morgan fingerprint density at radius 1 is 1.00 bits per heavy atom. The van der Waals surface area contributed by atoms with Crippen molar-refractivity contribution in [2.75, 3.05) is 7.11 Å². The Balaban J connectivity index is 1.45. The van der Waals surface area contributed by atoms with Gasteiger partial charge in [-0.25, -0.2) is 0 Å². The molecule has 2 aromatic carbocycles. The van der Waals surface area contributed by atoms with Crippen LogP contribution in [0.1, 0.15) is 5.82 Å². The highest BCUT2D eigenvalue weighted by Gasteiger charge is 2.18. The number of thioether (sulfide) groups is 1. The number of rotatable bonds is 7. The van der Waals surface area contributed by atoms with Crippen molar-refractivity contribution in [2.45, 2.75) is 10.9 Å². The normalized spacial score (nSPS) is 11.0. The summed E-state index contributed by atoms with van der Waals surface area (Å²) in [4.78, 5) is 8.58. The monoisotopic (exact) mass is 476 g/mol. The zero-order valence-corrected chi connectivity index (χ0v) is 19.0. The molecule has 3 aromatic heterocycles. The third-order valence-electron chi connectivity index (χ3n) is 4.81. The van der Waals surface area contributed by atoms with Crippen LogP contribution in [0.4, 0.5) is 0 Å². The lowest BCUT2D eigenvalue weighted by atomic mass is 10.2. The highest BCUT2D eigenvalue weighted by atomic mass is 35.5. The first-order chi connectivity index (χ1) is 16.2. The van der Waals surface area contributed by atoms with Crippen LogP contribution in [0.3, 0.4) is 0 Å². The molecule has 0 saturated heterocycles. The topological polar surface area (TPSA) is 91.8 Å². The molecule has 0 amide bonds. The van der Waals surface area contributed by atoms with Crippen molar-refractivity contribution < 1.29 is 9.26 Å². The first-order valence-electron chi connectivity index (χ1n) is 9.93. The molecule has 10 heteroatoms. The van der Waals surface area contributed by atoms with Gasteiger partial charge in [-0.1, -0.05) is 40.7 Å². The van der Waals surface area contributed by atoms with Gasteiger partial charge in [0.2, 0.25) is 0 Å². The summed E-state index contributed by atoms with van der Waals surface area (Å²) in [6, 6.07) is 18.9. The molecule has 0 radical (unpaired) electrons. The van der Waals surface area contributed by atoms with Crippen LogP contribution in [-0.2, 0) is 5.75 Å². The molecule has 0 aliphatic carbocycles. The van der Waals surface area contributed by atoms with Crippen LogP contribution in [0.2, 0.25) is 5.02 Å². The molecule has 0 aliphatic rings. The van der Waals surface area contributed by atoms with Crippen molar-refractivity contribution >= 4 is 23.4 Å². The van der Waals surface area contributed by atoms with Crippen LogP contribution in [0.25, 0.3) is 28.5 Å². The number of halogens is 1. The van der Waals surface area contributed by atoms with Gasteiger partial charge >= 0.3 is 0 Å². The van der Waals surface area contributed by atoms with E-state index in [9.17, 15) is 0 Å². The van der Waals surface area contributed by atoms with E-state index >= 15 is 0 Å². The number of hydrogen-bond donors (Lipinski definition) is 0. The third kappa shape index (κ3) is 4.46. The minimum absolute atomic E-state index is 0.380. The van der Waals surface area contributed by atoms with E-state index in [0.717, 1.165) is 17.0 Å². The Morgan fingerprint density at radius 2 is 1.79 bits per heavy atom. The zero-order chi connectivity index (χ0) is 22.6. The van der Waals surface area contributed by atoms with Gasteiger partial charge in [-0.2, -0.15) is 4.98 Å². The van der Waals surface area contributed by atoms with Crippen LogP contribution in [-0.4, -0.2) is 37.0 Å². The summed E-state index contributed by atoms with van der Waals surface area (Å²) in [5, 5.41) is 14.2. The van der Waals surface area contributed by atoms with E-state index in [1.165, 1.54) is 11.8 Å². The van der Waals surface area contributed by atoms with E-state index in [2.05, 4.69) is 25.3 Å². The summed E-state index contributed by atoms with van der Waals surface area (Å²) in [5.41, 5.74) is 2.50. The molecule has 0 N–H and O–H groups in total. The Morgan fingerprint density at radius 3 is 2.55 bits per heavy atom. The van der Waals surface area contributed by atoms with Gasteiger partial charge in [0.05, 0.1) is 23.4 Å². The second-order valence-corrected chi connectivity index (χ2v) is 8.21. The Bertz CT molecular complexity index is 1370. The second kappa shape index (κ2) is 9.43. The predicted molar refractivity (Wildman–Crippen MR) is 125 cm³/mol. The lowest BCUT2D eigenvalue weighted by Gasteiger charge is -2.10. The Kier molecular flexibility index (Phi) is 6.05. The lowest BCUT2D eigenvalue weighted by molar-refractivity contribution is 0.414. The van der Waals surface area contributed by atoms with Crippen molar-refractivity contribution in [3.8, 4) is 34.3 Å². The summed E-state index contributed by atoms with van der Waals surface area (Å²) < 4.78 is 12.7. The SMILES string of the molecule is COc1ccc(-n2c(SCc3noc(-c4ccccc4Cl)n3)nnc2-c2ccncc2)cc1. The average Bonchev–Trinajstić information content (AvgIpc) is 3.51. The van der Waals surface area contributed by atoms with Gasteiger partial charge in [0.1, 0.15) is 5.75 Å². The molecule has 0 fully saturated rings. The molecule has 5 aromatic rings. The van der Waals surface area contributed by atoms with Crippen LogP contribution >= 0.6 is 23.4 Å². The standard InChI is InChI=1S/C23H17ClN6O2S/c1-31-17-8-6-16(7-9-17)30-21(15-10-12-25-13-11-15)27-28-23(30)33-14-20-26-22(32-29-20)18-4-2-3-5-19(18)24/h2-13H,14H2,1H3. The molecule has 164 valence electrons. The van der Waals surface area contributed by atoms with Gasteiger partial charge in [0.25, 0.3) is 5.89 Å². The summed E-state index contributed by atoms with van der Waals surface area (Å²) >= 11 is 7.70. The van der Waals surface area contributed by atoms with Gasteiger partial charge in [0.15, 0.2) is 16.8 Å². The molecular weight excluding hydrogens is 460 g/mol. The molecule has 0 saturated carbocycles. The molecule has 0 spiro atoms. The molecule has 0 unspecified atom stereocenters. The molecule has 0 aliphatic heterocycles. The van der Waals surface area contributed by atoms with Crippen LogP contribution in [0.15, 0.2) is 82.7 Å². The summed E-state index contributed by atoms with van der Waals surface area (Å²) in [7, 11) is 1.64. The summed E-state index contributed by atoms with van der Waals surface area (Å²) in [6.45, 7) is 0. The third-order valence-corrected chi connectivity index (χ3v) is 6.06. The van der Waals surface area contributed by atoms with Gasteiger partial charge in [-0.15, -0.1) is 10.2 Å². The zero-order valence-electron chi connectivity index (χ0n) is 17.4. The van der Waals surface area contributed by atoms with Crippen molar-refractivity contribution in [1.29, 1.82) is 0 Å². The maximum atomic E-state index is 6.24. The highest BCUT2D eigenvalue weighted by molar-refractivity contribution is 7.98. The lowest BCUT2D eigenvalue weighted by Crippen LogP contribution is -2.00. The van der Waals surface area contributed by atoms with Crippen molar-refractivity contribution in [3.63, 3.8) is 0 Å². The largest absolute Gasteiger partial charge is 0.497 e. The number of pyridine rings is 1. The minimum atomic E-state index is 0.380. The van der Waals surface area contributed by atoms with Crippen molar-refractivity contribution in [3.05, 3.63) is 83.9 Å². The van der Waals surface area contributed by atoms with E-state index in [-0.39, 0.29) is 0 Å². The van der Waals surface area contributed by atoms with Gasteiger partial charge in [0, 0.05) is 23.6 Å². The molecule has 5 rings (SSSR count). The number of hydrogen-bond acceptors (Lipinski definition) is 8. The number of benzene rings is 2. The second-order valence-electron chi connectivity index (χ2n) is 6.86. The maximum absolute atomic E-state index is 6.24. The summed E-state index contributed by atoms with van der Waals surface area (Å²) in [5.74, 6) is 2.83. The fourth-order valence-electron chi connectivity index (χ4n) is 3.20. The fourth-order valence-corrected chi connectivity index (χ4v) is 4.21. The van der Waals surface area contributed by atoms with E-state index < -0.39 is 0 Å². The number of ether oxygens (including phenoxy) is 1. The van der Waals surface area contributed by atoms with E-state index in [4.69, 9.17) is 20.9 Å². The number of methoxy groups -OCH3 is 1. The van der Waals surface area contributed by atoms with Crippen LogP contribution in [0.5, 0.6) is 5.75 Å². The first kappa shape index (κ1) is 21.2. The number of nitrogens with zero attached hydrogens (tertiary/aromatic N) is 6. The molecular formula is C23H17ClN6O2S. The Labute approximate surface area is 198 Å². The Hall–Kier alpha value is -3.69. The van der Waals surface area contributed by atoms with Crippen LogP contribution in [0, 0.1) is 0 Å². The highest BCUT2D eigenvalue weighted by Crippen LogP contribution is 2.31. The minimum Gasteiger partial charge on any atom is -0.497 e. The predicted octanol–water partition coefficient (Wildman–Crippen LogP) is 5.33. The molecule has 33 heavy (non-hydrogen) atoms. The van der Waals surface area contributed by atoms with Crippen molar-refractivity contribution in [2.24, 2.45) is 0 Å². The summed E-state index contributed by atoms with van der Waals surface area (Å²) in [6.07, 6.45) is 3.45. The molecule has 8 nitrogen and oxygen atoms in total. The molecule has 0 atom stereocenters. The smallest absolute Gasteiger partial charge is 0.259 e. The van der Waals surface area contributed by atoms with E-state index in [1.807, 2.05) is 59.2 Å². The molecule has 3 heterocycles. The molecule has 0 bridgehead atoms. The van der Waals surface area contributed by atoms with E-state index in [0.29, 0.717) is 39.0 Å². The maximum Gasteiger partial charge on any atom is 0.259 e. The number of aromatic nitrogens is 6. The average molecular weight is 477 g/mol. The van der Waals surface area contributed by atoms with Crippen LogP contribution < -0.4 is 4.74 Å². The van der Waals surface area contributed by atoms with Gasteiger partial charge in [-0.3, -0.25) is 9.55 Å². The fraction of sp³-hybridized carbons (Fsp3) is 0.0870. The van der Waals surface area contributed by atoms with Gasteiger partial charge in [-0.05, 0) is 48.5 Å². The quantitative estimate of drug-likeness (QED) is 0.291.